The summed E-state index contributed by atoms with van der Waals surface area (Å²) in [5.74, 6) is 1.64. The Morgan fingerprint density at radius 3 is 1.73 bits per heavy atom. The molecule has 3 heterocycles. The Labute approximate surface area is 305 Å². The molecule has 0 aliphatic carbocycles. The molecule has 10 aromatic rings. The van der Waals surface area contributed by atoms with E-state index in [0.717, 1.165) is 88.6 Å². The Bertz CT molecular complexity index is 2910. The van der Waals surface area contributed by atoms with Crippen molar-refractivity contribution in [2.75, 3.05) is 0 Å². The quantitative estimate of drug-likeness (QED) is 0.175. The van der Waals surface area contributed by atoms with Gasteiger partial charge in [0.05, 0.1) is 26.9 Å². The van der Waals surface area contributed by atoms with E-state index in [1.54, 1.807) is 11.3 Å². The van der Waals surface area contributed by atoms with Gasteiger partial charge in [-0.3, -0.25) is 4.57 Å². The number of para-hydroxylation sites is 3. The van der Waals surface area contributed by atoms with Crippen LogP contribution in [0.5, 0.6) is 0 Å². The van der Waals surface area contributed by atoms with E-state index in [4.69, 9.17) is 15.0 Å². The van der Waals surface area contributed by atoms with Crippen molar-refractivity contribution >= 4 is 42.7 Å². The lowest BCUT2D eigenvalue weighted by Gasteiger charge is -2.12. The molecular weight excluding hydrogens is 653 g/mol. The summed E-state index contributed by atoms with van der Waals surface area (Å²) in [6.45, 7) is 0. The molecule has 10 rings (SSSR count). The average Bonchev–Trinajstić information content (AvgIpc) is 3.80. The maximum atomic E-state index is 5.21. The van der Waals surface area contributed by atoms with Crippen LogP contribution in [-0.4, -0.2) is 19.5 Å². The monoisotopic (exact) mass is 682 g/mol. The van der Waals surface area contributed by atoms with Gasteiger partial charge in [0.2, 0.25) is 0 Å². The van der Waals surface area contributed by atoms with Gasteiger partial charge >= 0.3 is 0 Å². The Morgan fingerprint density at radius 2 is 0.981 bits per heavy atom. The standard InChI is InChI=1S/C47H30N4S/c1-3-14-31(15-4-1)43-45-44(39-24-7-10-27-42(39)52-45)50-46(49-43)36-20-12-18-34(29-36)32-16-11-17-33(28-32)35-19-13-21-37(30-35)47-48-40-25-8-9-26-41(40)51(47)38-22-5-2-6-23-38/h1-30H. The molecule has 0 spiro atoms. The maximum Gasteiger partial charge on any atom is 0.160 e. The molecule has 0 fully saturated rings. The summed E-state index contributed by atoms with van der Waals surface area (Å²) >= 11 is 1.76. The normalized spacial score (nSPS) is 11.5. The molecule has 5 heteroatoms. The molecule has 0 saturated carbocycles. The van der Waals surface area contributed by atoms with Gasteiger partial charge in [-0.2, -0.15) is 0 Å². The number of imidazole rings is 1. The highest BCUT2D eigenvalue weighted by Crippen LogP contribution is 2.40. The van der Waals surface area contributed by atoms with Crippen LogP contribution in [0.25, 0.3) is 93.3 Å². The first-order chi connectivity index (χ1) is 25.8. The van der Waals surface area contributed by atoms with Gasteiger partial charge in [-0.15, -0.1) is 11.3 Å². The highest BCUT2D eigenvalue weighted by Gasteiger charge is 2.18. The largest absolute Gasteiger partial charge is 0.292 e. The van der Waals surface area contributed by atoms with E-state index in [9.17, 15) is 0 Å². The molecule has 244 valence electrons. The summed E-state index contributed by atoms with van der Waals surface area (Å²) in [5, 5.41) is 1.16. The predicted octanol–water partition coefficient (Wildman–Crippen LogP) is 12.5. The number of rotatable bonds is 6. The second kappa shape index (κ2) is 12.6. The molecule has 0 bridgehead atoms. The fourth-order valence-corrected chi connectivity index (χ4v) is 8.28. The minimum atomic E-state index is 0.724. The SMILES string of the molecule is c1ccc(-c2nc(-c3cccc(-c4cccc(-c5cccc(-c6nc7ccccc7n6-c6ccccc6)c5)c4)c3)nc3c2sc2ccccc23)cc1. The van der Waals surface area contributed by atoms with Gasteiger partial charge in [0.25, 0.3) is 0 Å². The minimum absolute atomic E-state index is 0.724. The number of thiophene rings is 1. The molecule has 0 aliphatic heterocycles. The van der Waals surface area contributed by atoms with Crippen molar-refractivity contribution in [3.63, 3.8) is 0 Å². The smallest absolute Gasteiger partial charge is 0.160 e. The first-order valence-corrected chi connectivity index (χ1v) is 18.2. The molecule has 0 amide bonds. The van der Waals surface area contributed by atoms with Crippen LogP contribution in [0.1, 0.15) is 0 Å². The first kappa shape index (κ1) is 30.2. The van der Waals surface area contributed by atoms with Crippen LogP contribution in [0, 0.1) is 0 Å². The molecule has 0 N–H and O–H groups in total. The number of aromatic nitrogens is 4. The van der Waals surface area contributed by atoms with Gasteiger partial charge < -0.3 is 0 Å². The maximum absolute atomic E-state index is 5.21. The van der Waals surface area contributed by atoms with E-state index in [2.05, 4.69) is 168 Å². The van der Waals surface area contributed by atoms with E-state index in [1.165, 1.54) is 4.70 Å². The Hall–Kier alpha value is -6.69. The molecule has 0 aliphatic rings. The summed E-state index contributed by atoms with van der Waals surface area (Å²) in [6, 6.07) is 63.8. The fourth-order valence-electron chi connectivity index (χ4n) is 7.12. The molecular formula is C47H30N4S. The fraction of sp³-hybridized carbons (Fsp3) is 0. The number of benzene rings is 7. The number of nitrogens with zero attached hydrogens (tertiary/aromatic N) is 4. The minimum Gasteiger partial charge on any atom is -0.292 e. The van der Waals surface area contributed by atoms with Gasteiger partial charge in [-0.05, 0) is 70.8 Å². The van der Waals surface area contributed by atoms with Crippen LogP contribution in [-0.2, 0) is 0 Å². The van der Waals surface area contributed by atoms with Crippen LogP contribution < -0.4 is 0 Å². The van der Waals surface area contributed by atoms with Crippen LogP contribution in [0.2, 0.25) is 0 Å². The predicted molar refractivity (Wildman–Crippen MR) is 217 cm³/mol. The Morgan fingerprint density at radius 1 is 0.423 bits per heavy atom. The second-order valence-corrected chi connectivity index (χ2v) is 13.9. The zero-order chi connectivity index (χ0) is 34.4. The van der Waals surface area contributed by atoms with Gasteiger partial charge in [-0.1, -0.05) is 133 Å². The molecule has 7 aromatic carbocycles. The third-order valence-corrected chi connectivity index (χ3v) is 10.8. The van der Waals surface area contributed by atoms with E-state index in [1.807, 2.05) is 18.2 Å². The number of hydrogen-bond acceptors (Lipinski definition) is 4. The molecule has 52 heavy (non-hydrogen) atoms. The van der Waals surface area contributed by atoms with Crippen LogP contribution in [0.3, 0.4) is 0 Å². The zero-order valence-corrected chi connectivity index (χ0v) is 28.8. The van der Waals surface area contributed by atoms with Crippen molar-refractivity contribution in [3.8, 4) is 62.0 Å². The van der Waals surface area contributed by atoms with Crippen LogP contribution in [0.4, 0.5) is 0 Å². The summed E-state index contributed by atoms with van der Waals surface area (Å²) in [5.41, 5.74) is 12.8. The van der Waals surface area contributed by atoms with Crippen molar-refractivity contribution in [3.05, 3.63) is 182 Å². The van der Waals surface area contributed by atoms with E-state index >= 15 is 0 Å². The van der Waals surface area contributed by atoms with Crippen molar-refractivity contribution in [2.24, 2.45) is 0 Å². The topological polar surface area (TPSA) is 43.6 Å². The number of hydrogen-bond donors (Lipinski definition) is 0. The van der Waals surface area contributed by atoms with Crippen molar-refractivity contribution in [1.82, 2.24) is 19.5 Å². The second-order valence-electron chi connectivity index (χ2n) is 12.9. The number of fused-ring (bicyclic) bond motifs is 4. The average molecular weight is 683 g/mol. The zero-order valence-electron chi connectivity index (χ0n) is 28.0. The van der Waals surface area contributed by atoms with Crippen LogP contribution >= 0.6 is 11.3 Å². The van der Waals surface area contributed by atoms with Crippen LogP contribution in [0.15, 0.2) is 182 Å². The van der Waals surface area contributed by atoms with Gasteiger partial charge in [0, 0.05) is 32.5 Å². The molecule has 4 nitrogen and oxygen atoms in total. The molecule has 0 saturated heterocycles. The van der Waals surface area contributed by atoms with Gasteiger partial charge in [0.15, 0.2) is 5.82 Å². The Balaban J connectivity index is 1.05. The highest BCUT2D eigenvalue weighted by molar-refractivity contribution is 7.26. The molecule has 3 aromatic heterocycles. The Kier molecular flexibility index (Phi) is 7.29. The lowest BCUT2D eigenvalue weighted by Crippen LogP contribution is -1.97. The van der Waals surface area contributed by atoms with E-state index in [-0.39, 0.29) is 0 Å². The van der Waals surface area contributed by atoms with Crippen molar-refractivity contribution in [1.29, 1.82) is 0 Å². The lowest BCUT2D eigenvalue weighted by molar-refractivity contribution is 1.10. The van der Waals surface area contributed by atoms with E-state index < -0.39 is 0 Å². The summed E-state index contributed by atoms with van der Waals surface area (Å²) in [7, 11) is 0. The first-order valence-electron chi connectivity index (χ1n) is 17.4. The third-order valence-electron chi connectivity index (χ3n) is 9.61. The third kappa shape index (κ3) is 5.27. The summed E-state index contributed by atoms with van der Waals surface area (Å²) in [6.07, 6.45) is 0. The summed E-state index contributed by atoms with van der Waals surface area (Å²) in [4.78, 5) is 15.5. The van der Waals surface area contributed by atoms with Crippen molar-refractivity contribution < 1.29 is 0 Å². The van der Waals surface area contributed by atoms with Gasteiger partial charge in [-0.25, -0.2) is 15.0 Å². The molecule has 0 unspecified atom stereocenters. The van der Waals surface area contributed by atoms with Crippen molar-refractivity contribution in [2.45, 2.75) is 0 Å². The van der Waals surface area contributed by atoms with E-state index in [0.29, 0.717) is 0 Å². The molecule has 0 radical (unpaired) electrons. The summed E-state index contributed by atoms with van der Waals surface area (Å²) < 4.78 is 4.58. The van der Waals surface area contributed by atoms with Gasteiger partial charge in [0.1, 0.15) is 5.82 Å². The lowest BCUT2D eigenvalue weighted by atomic mass is 9.97. The highest BCUT2D eigenvalue weighted by atomic mass is 32.1. The molecule has 0 atom stereocenters.